The van der Waals surface area contributed by atoms with Gasteiger partial charge in [-0.25, -0.2) is 0 Å². The number of fused-ring (bicyclic) bond motifs is 1. The highest BCUT2D eigenvalue weighted by Crippen LogP contribution is 2.40. The number of hydrogen-bond donors (Lipinski definition) is 1. The molecule has 65 heavy (non-hydrogen) atoms. The number of aliphatic hydroxyl groups excluding tert-OH is 1. The summed E-state index contributed by atoms with van der Waals surface area (Å²) in [7, 11) is 0. The minimum absolute atomic E-state index is 0.229. The minimum atomic E-state index is -0.229. The third-order valence-corrected chi connectivity index (χ3v) is 11.5. The molecule has 0 aliphatic rings. The molecule has 1 N–H and O–H groups in total. The van der Waals surface area contributed by atoms with Crippen molar-refractivity contribution in [2.45, 2.75) is 65.5 Å². The highest BCUT2D eigenvalue weighted by Gasteiger charge is 2.18. The average molecular weight is 925 g/mol. The maximum Gasteiger partial charge on any atom is 0.121 e. The third-order valence-electron chi connectivity index (χ3n) is 11.0. The molecule has 1 heterocycles. The van der Waals surface area contributed by atoms with Crippen LogP contribution in [0.2, 0.25) is 0 Å². The highest BCUT2D eigenvalue weighted by atomic mass is 79.9. The topological polar surface area (TPSA) is 57.4 Å². The van der Waals surface area contributed by atoms with Gasteiger partial charge in [0.1, 0.15) is 11.0 Å². The fourth-order valence-electron chi connectivity index (χ4n) is 7.73. The van der Waals surface area contributed by atoms with Gasteiger partial charge in [0, 0.05) is 50.6 Å². The van der Waals surface area contributed by atoms with Crippen molar-refractivity contribution in [2.75, 3.05) is 15.1 Å². The van der Waals surface area contributed by atoms with E-state index >= 15 is 0 Å². The van der Waals surface area contributed by atoms with E-state index in [2.05, 4.69) is 235 Å². The Bertz CT molecular complexity index is 2370. The Labute approximate surface area is 395 Å². The van der Waals surface area contributed by atoms with E-state index in [1.165, 1.54) is 0 Å². The first-order valence-electron chi connectivity index (χ1n) is 22.7. The summed E-state index contributed by atoms with van der Waals surface area (Å²) in [5.74, 6) is 0.694. The van der Waals surface area contributed by atoms with Gasteiger partial charge < -0.3 is 14.9 Å². The number of anilines is 6. The van der Waals surface area contributed by atoms with Crippen molar-refractivity contribution >= 4 is 61.1 Å². The summed E-state index contributed by atoms with van der Waals surface area (Å²) in [5.41, 5.74) is 12.8. The van der Waals surface area contributed by atoms with Crippen molar-refractivity contribution in [2.24, 2.45) is 5.92 Å². The predicted octanol–water partition coefficient (Wildman–Crippen LogP) is 16.4. The van der Waals surface area contributed by atoms with Crippen LogP contribution in [0.15, 0.2) is 207 Å². The van der Waals surface area contributed by atoms with Gasteiger partial charge in [0.15, 0.2) is 0 Å². The summed E-state index contributed by atoms with van der Waals surface area (Å²) < 4.78 is 0. The van der Waals surface area contributed by atoms with Gasteiger partial charge in [0.2, 0.25) is 0 Å². The van der Waals surface area contributed by atoms with Gasteiger partial charge in [-0.2, -0.15) is 15.0 Å². The zero-order valence-electron chi connectivity index (χ0n) is 38.1. The lowest BCUT2D eigenvalue weighted by atomic mass is 9.97. The zero-order valence-corrected chi connectivity index (χ0v) is 39.6. The summed E-state index contributed by atoms with van der Waals surface area (Å²) >= 11 is 3.57. The van der Waals surface area contributed by atoms with E-state index < -0.39 is 0 Å². The first-order valence-corrected chi connectivity index (χ1v) is 23.8. The molecule has 7 heteroatoms. The second kappa shape index (κ2) is 25.1. The SMILES string of the molecule is BrCCCCCn1nc2c(-c3ccc(N(c4ccccc4)c4ccccc4)cc3)ccc(-c3ccc(N(c4ccccc4)c4ccccc4)cc3)c2n1.C/C=C\C(O)CCC(C)C.C=C. The van der Waals surface area contributed by atoms with E-state index in [1.807, 2.05) is 23.9 Å². The second-order valence-electron chi connectivity index (χ2n) is 16.1. The fraction of sp³-hybridized carbons (Fsp3) is 0.207. The van der Waals surface area contributed by atoms with Crippen LogP contribution in [0.1, 0.15) is 52.9 Å². The number of allylic oxidation sites excluding steroid dienone is 1. The molecule has 0 aliphatic carbocycles. The largest absolute Gasteiger partial charge is 0.389 e. The summed E-state index contributed by atoms with van der Waals surface area (Å²) in [5, 5.41) is 20.5. The molecule has 0 aliphatic heterocycles. The van der Waals surface area contributed by atoms with Gasteiger partial charge in [-0.1, -0.05) is 158 Å². The molecule has 0 saturated carbocycles. The molecule has 0 fully saturated rings. The molecule has 0 saturated heterocycles. The van der Waals surface area contributed by atoms with Crippen molar-refractivity contribution < 1.29 is 5.11 Å². The molecule has 0 radical (unpaired) electrons. The summed E-state index contributed by atoms with van der Waals surface area (Å²) in [6.07, 6.45) is 8.80. The molecule has 8 rings (SSSR count). The normalized spacial score (nSPS) is 11.4. The Balaban J connectivity index is 0.000000518. The Morgan fingerprint density at radius 3 is 1.23 bits per heavy atom. The number of rotatable bonds is 17. The Morgan fingerprint density at radius 1 is 0.523 bits per heavy atom. The average Bonchev–Trinajstić information content (AvgIpc) is 3.79. The van der Waals surface area contributed by atoms with Crippen LogP contribution in [0, 0.1) is 5.92 Å². The summed E-state index contributed by atoms with van der Waals surface area (Å²) in [4.78, 5) is 6.46. The number of nitrogens with zero attached hydrogens (tertiary/aromatic N) is 5. The number of benzene rings is 7. The molecule has 332 valence electrons. The van der Waals surface area contributed by atoms with E-state index in [-0.39, 0.29) is 6.10 Å². The van der Waals surface area contributed by atoms with Crippen LogP contribution >= 0.6 is 15.9 Å². The summed E-state index contributed by atoms with van der Waals surface area (Å²) in [6.45, 7) is 13.0. The van der Waals surface area contributed by atoms with Gasteiger partial charge in [-0.15, -0.1) is 13.2 Å². The van der Waals surface area contributed by atoms with Crippen LogP contribution in [-0.4, -0.2) is 31.5 Å². The molecule has 0 amide bonds. The van der Waals surface area contributed by atoms with Crippen LogP contribution in [0.3, 0.4) is 0 Å². The molecule has 8 aromatic rings. The fourth-order valence-corrected chi connectivity index (χ4v) is 8.13. The first kappa shape index (κ1) is 47.9. The van der Waals surface area contributed by atoms with Crippen molar-refractivity contribution in [1.82, 2.24) is 15.0 Å². The number of unbranched alkanes of at least 4 members (excludes halogenated alkanes) is 2. The van der Waals surface area contributed by atoms with Crippen LogP contribution < -0.4 is 9.80 Å². The Morgan fingerprint density at radius 2 is 0.892 bits per heavy atom. The number of aliphatic hydroxyl groups is 1. The molecule has 0 bridgehead atoms. The van der Waals surface area contributed by atoms with E-state index in [1.54, 1.807) is 0 Å². The quantitative estimate of drug-likeness (QED) is 0.0560. The van der Waals surface area contributed by atoms with Gasteiger partial charge in [-0.3, -0.25) is 0 Å². The van der Waals surface area contributed by atoms with Crippen LogP contribution in [0.4, 0.5) is 34.1 Å². The third kappa shape index (κ3) is 13.0. The number of para-hydroxylation sites is 4. The predicted molar refractivity (Wildman–Crippen MR) is 282 cm³/mol. The summed E-state index contributed by atoms with van der Waals surface area (Å²) in [6, 6.07) is 64.0. The minimum Gasteiger partial charge on any atom is -0.389 e. The molecule has 1 aromatic heterocycles. The monoisotopic (exact) mass is 923 g/mol. The maximum absolute atomic E-state index is 9.21. The molecule has 7 aromatic carbocycles. The van der Waals surface area contributed by atoms with E-state index in [4.69, 9.17) is 10.2 Å². The Hall–Kier alpha value is -6.54. The van der Waals surface area contributed by atoms with Gasteiger partial charge in [0.25, 0.3) is 0 Å². The highest BCUT2D eigenvalue weighted by molar-refractivity contribution is 9.09. The number of halogens is 1. The first-order chi connectivity index (χ1) is 31.9. The lowest BCUT2D eigenvalue weighted by Gasteiger charge is -2.25. The van der Waals surface area contributed by atoms with Crippen molar-refractivity contribution in [1.29, 1.82) is 0 Å². The Kier molecular flexibility index (Phi) is 18.5. The van der Waals surface area contributed by atoms with Gasteiger partial charge in [0.05, 0.1) is 12.6 Å². The van der Waals surface area contributed by atoms with E-state index in [0.717, 1.165) is 111 Å². The lowest BCUT2D eigenvalue weighted by molar-refractivity contribution is 0.203. The van der Waals surface area contributed by atoms with Crippen LogP contribution in [0.25, 0.3) is 33.3 Å². The molecule has 0 spiro atoms. The molecule has 1 unspecified atom stereocenters. The number of aromatic nitrogens is 3. The molecular formula is C58H62BrN5O. The van der Waals surface area contributed by atoms with Crippen LogP contribution in [-0.2, 0) is 6.54 Å². The standard InChI is InChI=1S/C47H40BrN5.C9H18O.C2H4/c48-34-14-5-15-35-51-49-46-44(36-24-28-42(29-25-36)52(38-16-6-1-7-17-38)39-18-8-2-9-19-39)32-33-45(47(46)50-51)37-26-30-43(31-27-37)53(40-20-10-3-11-21-40)41-22-12-4-13-23-41;1-4-5-9(10)7-6-8(2)3;1-2/h1-4,6-13,16-33H,5,14-15,34-35H2;4-5,8-10H,6-7H2,1-3H3;1-2H2/b;5-4-;. The van der Waals surface area contributed by atoms with Gasteiger partial charge >= 0.3 is 0 Å². The van der Waals surface area contributed by atoms with Crippen molar-refractivity contribution in [3.63, 3.8) is 0 Å². The molecule has 1 atom stereocenters. The maximum atomic E-state index is 9.21. The van der Waals surface area contributed by atoms with Crippen LogP contribution in [0.5, 0.6) is 0 Å². The molecule has 6 nitrogen and oxygen atoms in total. The second-order valence-corrected chi connectivity index (χ2v) is 16.9. The van der Waals surface area contributed by atoms with E-state index in [0.29, 0.717) is 5.92 Å². The van der Waals surface area contributed by atoms with E-state index in [9.17, 15) is 5.11 Å². The number of alkyl halides is 1. The number of aryl methyl sites for hydroxylation is 1. The lowest BCUT2D eigenvalue weighted by Crippen LogP contribution is -2.09. The smallest absolute Gasteiger partial charge is 0.121 e. The van der Waals surface area contributed by atoms with Crippen molar-refractivity contribution in [3.8, 4) is 22.3 Å². The van der Waals surface area contributed by atoms with Crippen molar-refractivity contribution in [3.05, 3.63) is 207 Å². The zero-order chi connectivity index (χ0) is 45.8. The number of hydrogen-bond acceptors (Lipinski definition) is 5. The molecular weight excluding hydrogens is 863 g/mol. The van der Waals surface area contributed by atoms with Gasteiger partial charge in [-0.05, 0) is 122 Å².